The second kappa shape index (κ2) is 5.96. The summed E-state index contributed by atoms with van der Waals surface area (Å²) in [6.45, 7) is 3.56. The van der Waals surface area contributed by atoms with E-state index in [0.29, 0.717) is 18.0 Å². The molecule has 2 unspecified atom stereocenters. The fourth-order valence-electron chi connectivity index (χ4n) is 2.65. The van der Waals surface area contributed by atoms with Crippen molar-refractivity contribution in [2.75, 3.05) is 13.1 Å². The van der Waals surface area contributed by atoms with Gasteiger partial charge in [0.2, 0.25) is 0 Å². The Hall–Kier alpha value is -1.42. The Morgan fingerprint density at radius 2 is 2.44 bits per heavy atom. The van der Waals surface area contributed by atoms with Gasteiger partial charge in [0.05, 0.1) is 5.56 Å². The van der Waals surface area contributed by atoms with E-state index in [0.717, 1.165) is 19.4 Å². The highest BCUT2D eigenvalue weighted by Crippen LogP contribution is 2.26. The van der Waals surface area contributed by atoms with Crippen LogP contribution in [0.1, 0.15) is 36.5 Å². The van der Waals surface area contributed by atoms with Crippen LogP contribution in [0, 0.1) is 5.92 Å². The number of pyridine rings is 1. The molecule has 0 aromatic carbocycles. The predicted molar refractivity (Wildman–Crippen MR) is 71.1 cm³/mol. The summed E-state index contributed by atoms with van der Waals surface area (Å²) in [5.74, 6) is 0.768. The number of rotatable bonds is 3. The predicted octanol–water partition coefficient (Wildman–Crippen LogP) is 1.67. The van der Waals surface area contributed by atoms with Crippen molar-refractivity contribution >= 4 is 5.91 Å². The first-order chi connectivity index (χ1) is 8.76. The van der Waals surface area contributed by atoms with Crippen LogP contribution < -0.4 is 5.73 Å². The van der Waals surface area contributed by atoms with Crippen molar-refractivity contribution in [1.82, 2.24) is 9.88 Å². The van der Waals surface area contributed by atoms with E-state index in [4.69, 9.17) is 5.73 Å². The number of likely N-dealkylation sites (tertiary alicyclic amines) is 1. The Balaban J connectivity index is 2.10. The zero-order chi connectivity index (χ0) is 13.0. The maximum atomic E-state index is 12.4. The summed E-state index contributed by atoms with van der Waals surface area (Å²) in [4.78, 5) is 18.3. The van der Waals surface area contributed by atoms with E-state index in [2.05, 4.69) is 11.9 Å². The number of piperidine rings is 1. The van der Waals surface area contributed by atoms with E-state index in [1.165, 1.54) is 6.42 Å². The molecule has 1 aromatic heterocycles. The van der Waals surface area contributed by atoms with Crippen molar-refractivity contribution in [2.24, 2.45) is 11.7 Å². The van der Waals surface area contributed by atoms with Crippen LogP contribution in [0.4, 0.5) is 0 Å². The maximum absolute atomic E-state index is 12.4. The van der Waals surface area contributed by atoms with E-state index in [1.54, 1.807) is 18.5 Å². The zero-order valence-corrected chi connectivity index (χ0v) is 10.9. The molecule has 0 aliphatic carbocycles. The highest BCUT2D eigenvalue weighted by Gasteiger charge is 2.30. The third kappa shape index (κ3) is 2.70. The maximum Gasteiger partial charge on any atom is 0.255 e. The quantitative estimate of drug-likeness (QED) is 0.884. The minimum absolute atomic E-state index is 0.0631. The lowest BCUT2D eigenvalue weighted by atomic mass is 9.88. The second-order valence-electron chi connectivity index (χ2n) is 4.93. The van der Waals surface area contributed by atoms with Crippen LogP contribution in [0.15, 0.2) is 24.5 Å². The van der Waals surface area contributed by atoms with E-state index in [1.807, 2.05) is 11.0 Å². The number of carbonyl (C=O) groups is 1. The minimum Gasteiger partial charge on any atom is -0.334 e. The summed E-state index contributed by atoms with van der Waals surface area (Å²) in [5, 5.41) is 0. The number of hydrogen-bond acceptors (Lipinski definition) is 3. The highest BCUT2D eigenvalue weighted by atomic mass is 16.2. The molecule has 2 atom stereocenters. The van der Waals surface area contributed by atoms with Crippen LogP contribution in [0.25, 0.3) is 0 Å². The third-order valence-electron chi connectivity index (χ3n) is 3.84. The molecule has 1 fully saturated rings. The molecule has 0 saturated carbocycles. The van der Waals surface area contributed by atoms with Crippen LogP contribution in [0.5, 0.6) is 0 Å². The van der Waals surface area contributed by atoms with Gasteiger partial charge in [-0.15, -0.1) is 0 Å². The molecule has 98 valence electrons. The van der Waals surface area contributed by atoms with Gasteiger partial charge in [0.1, 0.15) is 0 Å². The van der Waals surface area contributed by atoms with Crippen molar-refractivity contribution in [1.29, 1.82) is 0 Å². The molecule has 2 rings (SSSR count). The van der Waals surface area contributed by atoms with Gasteiger partial charge in [-0.25, -0.2) is 0 Å². The minimum atomic E-state index is 0.0631. The van der Waals surface area contributed by atoms with Gasteiger partial charge in [-0.3, -0.25) is 9.78 Å². The van der Waals surface area contributed by atoms with E-state index in [9.17, 15) is 4.79 Å². The SMILES string of the molecule is CCC1CCN(C(=O)c2cccnc2)C(CN)C1. The Morgan fingerprint density at radius 1 is 1.61 bits per heavy atom. The number of amides is 1. The fourth-order valence-corrected chi connectivity index (χ4v) is 2.65. The number of nitrogens with zero attached hydrogens (tertiary/aromatic N) is 2. The Kier molecular flexibility index (Phi) is 4.31. The van der Waals surface area contributed by atoms with Crippen LogP contribution in [0.2, 0.25) is 0 Å². The number of aromatic nitrogens is 1. The van der Waals surface area contributed by atoms with Crippen LogP contribution in [-0.2, 0) is 0 Å². The molecule has 0 spiro atoms. The molecule has 1 saturated heterocycles. The van der Waals surface area contributed by atoms with Crippen LogP contribution >= 0.6 is 0 Å². The zero-order valence-electron chi connectivity index (χ0n) is 10.9. The third-order valence-corrected chi connectivity index (χ3v) is 3.84. The average molecular weight is 247 g/mol. The molecule has 0 radical (unpaired) electrons. The summed E-state index contributed by atoms with van der Waals surface area (Å²) in [6, 6.07) is 3.79. The monoisotopic (exact) mass is 247 g/mol. The Labute approximate surface area is 108 Å². The fraction of sp³-hybridized carbons (Fsp3) is 0.571. The van der Waals surface area contributed by atoms with Gasteiger partial charge in [-0.2, -0.15) is 0 Å². The molecule has 1 aromatic rings. The van der Waals surface area contributed by atoms with Gasteiger partial charge in [0.15, 0.2) is 0 Å². The Bertz CT molecular complexity index is 393. The van der Waals surface area contributed by atoms with E-state index >= 15 is 0 Å². The molecule has 1 amide bonds. The van der Waals surface area contributed by atoms with E-state index in [-0.39, 0.29) is 11.9 Å². The first kappa shape index (κ1) is 13.0. The van der Waals surface area contributed by atoms with Crippen LogP contribution in [-0.4, -0.2) is 34.9 Å². The van der Waals surface area contributed by atoms with Crippen molar-refractivity contribution in [3.05, 3.63) is 30.1 Å². The van der Waals surface area contributed by atoms with Crippen molar-refractivity contribution in [3.8, 4) is 0 Å². The van der Waals surface area contributed by atoms with Gasteiger partial charge in [-0.05, 0) is 30.9 Å². The molecule has 4 nitrogen and oxygen atoms in total. The first-order valence-corrected chi connectivity index (χ1v) is 6.67. The molecule has 2 heterocycles. The lowest BCUT2D eigenvalue weighted by Crippen LogP contribution is -2.49. The number of carbonyl (C=O) groups excluding carboxylic acids is 1. The highest BCUT2D eigenvalue weighted by molar-refractivity contribution is 5.94. The summed E-state index contributed by atoms with van der Waals surface area (Å²) in [5.41, 5.74) is 6.48. The summed E-state index contributed by atoms with van der Waals surface area (Å²) < 4.78 is 0. The second-order valence-corrected chi connectivity index (χ2v) is 4.93. The lowest BCUT2D eigenvalue weighted by Gasteiger charge is -2.38. The standard InChI is InChI=1S/C14H21N3O/c1-2-11-5-7-17(13(8-11)9-15)14(18)12-4-3-6-16-10-12/h3-4,6,10-11,13H,2,5,7-9,15H2,1H3. The molecule has 1 aliphatic heterocycles. The van der Waals surface area contributed by atoms with Gasteiger partial charge in [0.25, 0.3) is 5.91 Å². The molecule has 2 N–H and O–H groups in total. The lowest BCUT2D eigenvalue weighted by molar-refractivity contribution is 0.0558. The van der Waals surface area contributed by atoms with Gasteiger partial charge >= 0.3 is 0 Å². The molecule has 4 heteroatoms. The number of nitrogens with two attached hydrogens (primary N) is 1. The molecular weight excluding hydrogens is 226 g/mol. The van der Waals surface area contributed by atoms with Gasteiger partial charge in [0, 0.05) is 31.5 Å². The summed E-state index contributed by atoms with van der Waals surface area (Å²) >= 11 is 0. The normalized spacial score (nSPS) is 24.0. The largest absolute Gasteiger partial charge is 0.334 e. The molecule has 18 heavy (non-hydrogen) atoms. The molecule has 0 bridgehead atoms. The van der Waals surface area contributed by atoms with Crippen molar-refractivity contribution in [3.63, 3.8) is 0 Å². The number of hydrogen-bond donors (Lipinski definition) is 1. The Morgan fingerprint density at radius 3 is 3.06 bits per heavy atom. The first-order valence-electron chi connectivity index (χ1n) is 6.67. The van der Waals surface area contributed by atoms with Crippen LogP contribution in [0.3, 0.4) is 0 Å². The molecular formula is C14H21N3O. The van der Waals surface area contributed by atoms with Crippen molar-refractivity contribution in [2.45, 2.75) is 32.2 Å². The van der Waals surface area contributed by atoms with E-state index < -0.39 is 0 Å². The topological polar surface area (TPSA) is 59.2 Å². The summed E-state index contributed by atoms with van der Waals surface area (Å²) in [6.07, 6.45) is 6.59. The molecule has 1 aliphatic rings. The smallest absolute Gasteiger partial charge is 0.255 e. The summed E-state index contributed by atoms with van der Waals surface area (Å²) in [7, 11) is 0. The van der Waals surface area contributed by atoms with Gasteiger partial charge < -0.3 is 10.6 Å². The van der Waals surface area contributed by atoms with Gasteiger partial charge in [-0.1, -0.05) is 13.3 Å². The van der Waals surface area contributed by atoms with Crippen molar-refractivity contribution < 1.29 is 4.79 Å². The average Bonchev–Trinajstić information content (AvgIpc) is 2.46.